The van der Waals surface area contributed by atoms with Crippen LogP contribution in [-0.2, 0) is 0 Å². The average Bonchev–Trinajstić information content (AvgIpc) is 1.99. The van der Waals surface area contributed by atoms with Gasteiger partial charge in [0.25, 0.3) is 0 Å². The molecule has 0 unspecified atom stereocenters. The van der Waals surface area contributed by atoms with Gasteiger partial charge in [0.05, 0.1) is 0 Å². The van der Waals surface area contributed by atoms with Crippen molar-refractivity contribution in [2.24, 2.45) is 0 Å². The maximum Gasteiger partial charge on any atom is 0.0356 e. The quantitative estimate of drug-likeness (QED) is 0.537. The van der Waals surface area contributed by atoms with E-state index in [1.807, 2.05) is 24.9 Å². The topological polar surface area (TPSA) is 3.24 Å². The molecule has 0 bridgehead atoms. The normalized spacial score (nSPS) is 10.8. The summed E-state index contributed by atoms with van der Waals surface area (Å²) in [6.07, 6.45) is 5.75. The van der Waals surface area contributed by atoms with Gasteiger partial charge in [0.1, 0.15) is 0 Å². The Morgan fingerprint density at radius 2 is 2.10 bits per heavy atom. The molecule has 0 heterocycles. The Bertz CT molecular complexity index is 145. The van der Waals surface area contributed by atoms with Gasteiger partial charge >= 0.3 is 0 Å². The van der Waals surface area contributed by atoms with E-state index in [2.05, 4.69) is 19.2 Å². The van der Waals surface area contributed by atoms with Gasteiger partial charge in [-0.1, -0.05) is 30.9 Å². The van der Waals surface area contributed by atoms with Gasteiger partial charge in [0, 0.05) is 13.6 Å². The molecule has 0 N–H and O–H groups in total. The van der Waals surface area contributed by atoms with Crippen molar-refractivity contribution in [2.45, 2.75) is 6.92 Å². The van der Waals surface area contributed by atoms with E-state index in [4.69, 9.17) is 0 Å². The molecule has 0 saturated heterocycles. The minimum Gasteiger partial charge on any atom is -0.377 e. The van der Waals surface area contributed by atoms with E-state index in [-0.39, 0.29) is 0 Å². The molecule has 1 nitrogen and oxygen atoms in total. The Balaban J connectivity index is 3.70. The Morgan fingerprint density at radius 1 is 1.50 bits per heavy atom. The first-order valence-corrected chi connectivity index (χ1v) is 3.32. The highest BCUT2D eigenvalue weighted by atomic mass is 15.1. The predicted octanol–water partition coefficient (Wildman–Crippen LogP) is 2.19. The summed E-state index contributed by atoms with van der Waals surface area (Å²) in [5, 5.41) is 0. The maximum atomic E-state index is 3.65. The lowest BCUT2D eigenvalue weighted by atomic mass is 10.3. The molecule has 0 amide bonds. The Morgan fingerprint density at radius 3 is 2.50 bits per heavy atom. The molecule has 0 aliphatic rings. The molecule has 0 spiro atoms. The van der Waals surface area contributed by atoms with E-state index >= 15 is 0 Å². The van der Waals surface area contributed by atoms with Crippen LogP contribution in [0.25, 0.3) is 0 Å². The first kappa shape index (κ1) is 9.02. The van der Waals surface area contributed by atoms with Crippen molar-refractivity contribution in [1.29, 1.82) is 0 Å². The van der Waals surface area contributed by atoms with Gasteiger partial charge in [0.15, 0.2) is 0 Å². The van der Waals surface area contributed by atoms with Crippen molar-refractivity contribution in [2.75, 3.05) is 13.6 Å². The number of hydrogen-bond acceptors (Lipinski definition) is 1. The van der Waals surface area contributed by atoms with Crippen LogP contribution in [0.1, 0.15) is 6.92 Å². The summed E-state index contributed by atoms with van der Waals surface area (Å²) in [5.41, 5.74) is 1.20. The highest BCUT2D eigenvalue weighted by Gasteiger charge is 1.84. The lowest BCUT2D eigenvalue weighted by molar-refractivity contribution is 0.510. The van der Waals surface area contributed by atoms with Gasteiger partial charge in [-0.2, -0.15) is 0 Å². The van der Waals surface area contributed by atoms with Crippen LogP contribution in [0.3, 0.4) is 0 Å². The summed E-state index contributed by atoms with van der Waals surface area (Å²) < 4.78 is 0. The summed E-state index contributed by atoms with van der Waals surface area (Å²) in [6.45, 7) is 10.2. The Kier molecular flexibility index (Phi) is 4.38. The van der Waals surface area contributed by atoms with Crippen LogP contribution in [0, 0.1) is 0 Å². The first-order chi connectivity index (χ1) is 4.70. The molecular weight excluding hydrogens is 122 g/mol. The number of allylic oxidation sites excluding steroid dienone is 2. The highest BCUT2D eigenvalue weighted by molar-refractivity contribution is 5.13. The van der Waals surface area contributed by atoms with Crippen LogP contribution < -0.4 is 0 Å². The van der Waals surface area contributed by atoms with Gasteiger partial charge in [-0.25, -0.2) is 0 Å². The summed E-state index contributed by atoms with van der Waals surface area (Å²) in [4.78, 5) is 2.01. The van der Waals surface area contributed by atoms with Crippen LogP contribution in [-0.4, -0.2) is 18.5 Å². The van der Waals surface area contributed by atoms with E-state index in [0.29, 0.717) is 0 Å². The van der Waals surface area contributed by atoms with Crippen molar-refractivity contribution in [3.63, 3.8) is 0 Å². The van der Waals surface area contributed by atoms with Crippen molar-refractivity contribution in [3.05, 3.63) is 37.1 Å². The maximum absolute atomic E-state index is 3.65. The molecule has 0 aromatic carbocycles. The smallest absolute Gasteiger partial charge is 0.0356 e. The molecule has 10 heavy (non-hydrogen) atoms. The first-order valence-electron chi connectivity index (χ1n) is 3.32. The summed E-state index contributed by atoms with van der Waals surface area (Å²) in [7, 11) is 1.99. The van der Waals surface area contributed by atoms with Gasteiger partial charge in [-0.3, -0.25) is 0 Å². The third kappa shape index (κ3) is 3.96. The summed E-state index contributed by atoms with van der Waals surface area (Å²) in [6, 6.07) is 0. The average molecular weight is 137 g/mol. The van der Waals surface area contributed by atoms with E-state index in [1.54, 1.807) is 6.20 Å². The number of hydrogen-bond donors (Lipinski definition) is 0. The Hall–Kier alpha value is -0.980. The molecule has 0 atom stereocenters. The van der Waals surface area contributed by atoms with Gasteiger partial charge in [0.2, 0.25) is 0 Å². The number of nitrogens with zero attached hydrogens (tertiary/aromatic N) is 1. The molecule has 0 radical (unpaired) electrons. The lowest BCUT2D eigenvalue weighted by Gasteiger charge is -2.09. The largest absolute Gasteiger partial charge is 0.377 e. The molecule has 56 valence electrons. The van der Waals surface area contributed by atoms with Gasteiger partial charge < -0.3 is 4.90 Å². The van der Waals surface area contributed by atoms with Crippen LogP contribution >= 0.6 is 0 Å². The molecule has 0 fully saturated rings. The second-order valence-corrected chi connectivity index (χ2v) is 2.27. The van der Waals surface area contributed by atoms with Crippen LogP contribution in [0.15, 0.2) is 37.1 Å². The number of rotatable bonds is 4. The van der Waals surface area contributed by atoms with Crippen molar-refractivity contribution in [3.8, 4) is 0 Å². The SMILES string of the molecule is C=C/C(C)=C\CN(C)C=C. The molecule has 0 aliphatic heterocycles. The van der Waals surface area contributed by atoms with Crippen molar-refractivity contribution in [1.82, 2.24) is 4.90 Å². The number of likely N-dealkylation sites (N-methyl/N-ethyl adjacent to an activating group) is 1. The monoisotopic (exact) mass is 137 g/mol. The van der Waals surface area contributed by atoms with E-state index < -0.39 is 0 Å². The second-order valence-electron chi connectivity index (χ2n) is 2.27. The fraction of sp³-hybridized carbons (Fsp3) is 0.333. The molecule has 0 aliphatic carbocycles. The fourth-order valence-electron chi connectivity index (χ4n) is 0.446. The van der Waals surface area contributed by atoms with Gasteiger partial charge in [-0.15, -0.1) is 0 Å². The lowest BCUT2D eigenvalue weighted by Crippen LogP contribution is -2.09. The van der Waals surface area contributed by atoms with E-state index in [0.717, 1.165) is 6.54 Å². The predicted molar refractivity (Wildman–Crippen MR) is 46.8 cm³/mol. The summed E-state index contributed by atoms with van der Waals surface area (Å²) in [5.74, 6) is 0. The molecule has 0 rings (SSSR count). The highest BCUT2D eigenvalue weighted by Crippen LogP contribution is 1.93. The van der Waals surface area contributed by atoms with Crippen LogP contribution in [0.2, 0.25) is 0 Å². The molecule has 1 heteroatoms. The second kappa shape index (κ2) is 4.86. The van der Waals surface area contributed by atoms with Crippen LogP contribution in [0.5, 0.6) is 0 Å². The third-order valence-electron chi connectivity index (χ3n) is 1.33. The fourth-order valence-corrected chi connectivity index (χ4v) is 0.446. The van der Waals surface area contributed by atoms with Crippen molar-refractivity contribution < 1.29 is 0 Å². The Labute approximate surface area is 63.3 Å². The zero-order valence-electron chi connectivity index (χ0n) is 6.80. The van der Waals surface area contributed by atoms with E-state index in [9.17, 15) is 0 Å². The van der Waals surface area contributed by atoms with Gasteiger partial charge in [-0.05, 0) is 13.1 Å². The molecule has 0 aromatic rings. The zero-order valence-corrected chi connectivity index (χ0v) is 6.80. The molecule has 0 saturated carbocycles. The molecule has 0 aromatic heterocycles. The third-order valence-corrected chi connectivity index (χ3v) is 1.33. The summed E-state index contributed by atoms with van der Waals surface area (Å²) >= 11 is 0. The standard InChI is InChI=1S/C9H15N/c1-5-9(3)7-8-10(4)6-2/h5-7H,1-2,8H2,3-4H3/b9-7-. The minimum atomic E-state index is 0.904. The minimum absolute atomic E-state index is 0.904. The van der Waals surface area contributed by atoms with Crippen LogP contribution in [0.4, 0.5) is 0 Å². The van der Waals surface area contributed by atoms with E-state index in [1.165, 1.54) is 5.57 Å². The zero-order chi connectivity index (χ0) is 7.98. The van der Waals surface area contributed by atoms with Crippen molar-refractivity contribution >= 4 is 0 Å². The molecular formula is C9H15N.